The molecule has 3 aromatic carbocycles. The number of sulfone groups is 1. The Bertz CT molecular complexity index is 1760. The van der Waals surface area contributed by atoms with Crippen molar-refractivity contribution in [3.8, 4) is 0 Å². The lowest BCUT2D eigenvalue weighted by atomic mass is 10.0. The van der Waals surface area contributed by atoms with Crippen LogP contribution in [-0.4, -0.2) is 36.4 Å². The molecule has 0 spiro atoms. The summed E-state index contributed by atoms with van der Waals surface area (Å²) in [5.74, 6) is -1.71. The molecule has 1 aliphatic carbocycles. The van der Waals surface area contributed by atoms with E-state index in [4.69, 9.17) is 11.6 Å². The topological polar surface area (TPSA) is 88.4 Å². The standard InChI is InChI=1S/C30H27ClF4N2O4S/c1-2-42(40,41)23-9-4-17(5-10-23)27(16-38)36-29(39)24-13-19-12-22(37(21-7-8-21)28(19)15-26(24)32)11-18-3-6-20(31)14-25(18)30(33,34)35/h3-6,9-10,12-15,21,27,38H,2,7-8,11,16H2,1H3,(H,36,39). The second-order valence-corrected chi connectivity index (χ2v) is 13.0. The van der Waals surface area contributed by atoms with Crippen molar-refractivity contribution in [2.24, 2.45) is 0 Å². The van der Waals surface area contributed by atoms with Gasteiger partial charge in [0.15, 0.2) is 9.84 Å². The maximum absolute atomic E-state index is 15.3. The molecular formula is C30H27ClF4N2O4S. The Morgan fingerprint density at radius 1 is 1.10 bits per heavy atom. The molecule has 0 bridgehead atoms. The first kappa shape index (κ1) is 30.1. The molecule has 6 nitrogen and oxygen atoms in total. The number of aliphatic hydroxyl groups is 1. The van der Waals surface area contributed by atoms with E-state index in [0.717, 1.165) is 18.9 Å². The highest BCUT2D eigenvalue weighted by Crippen LogP contribution is 2.42. The quantitative estimate of drug-likeness (QED) is 0.205. The Morgan fingerprint density at radius 3 is 2.38 bits per heavy atom. The molecule has 1 amide bonds. The van der Waals surface area contributed by atoms with E-state index in [-0.39, 0.29) is 39.3 Å². The molecule has 1 aromatic heterocycles. The molecule has 1 fully saturated rings. The third-order valence-electron chi connectivity index (χ3n) is 7.42. The number of aromatic nitrogens is 1. The summed E-state index contributed by atoms with van der Waals surface area (Å²) in [7, 11) is -3.44. The predicted molar refractivity (Wildman–Crippen MR) is 151 cm³/mol. The molecule has 222 valence electrons. The summed E-state index contributed by atoms with van der Waals surface area (Å²) in [5, 5.41) is 13.0. The first-order valence-electron chi connectivity index (χ1n) is 13.3. The summed E-state index contributed by atoms with van der Waals surface area (Å²) in [6, 6.07) is 12.6. The van der Waals surface area contributed by atoms with Gasteiger partial charge in [-0.3, -0.25) is 4.79 Å². The second kappa shape index (κ2) is 11.3. The van der Waals surface area contributed by atoms with E-state index in [9.17, 15) is 31.5 Å². The number of hydrogen-bond acceptors (Lipinski definition) is 4. The van der Waals surface area contributed by atoms with Gasteiger partial charge in [0.25, 0.3) is 5.91 Å². The maximum atomic E-state index is 15.3. The smallest absolute Gasteiger partial charge is 0.394 e. The molecule has 0 saturated heterocycles. The minimum absolute atomic E-state index is 0.0106. The number of hydrogen-bond donors (Lipinski definition) is 2. The van der Waals surface area contributed by atoms with Gasteiger partial charge in [0.1, 0.15) is 5.82 Å². The zero-order valence-electron chi connectivity index (χ0n) is 22.4. The SMILES string of the molecule is CCS(=O)(=O)c1ccc(C(CO)NC(=O)c2cc3cc(Cc4ccc(Cl)cc4C(F)(F)F)n(C4CC4)c3cc2F)cc1. The van der Waals surface area contributed by atoms with Crippen molar-refractivity contribution >= 4 is 38.2 Å². The fourth-order valence-electron chi connectivity index (χ4n) is 5.09. The lowest BCUT2D eigenvalue weighted by molar-refractivity contribution is -0.138. The molecule has 1 unspecified atom stereocenters. The summed E-state index contributed by atoms with van der Waals surface area (Å²) >= 11 is 5.84. The summed E-state index contributed by atoms with van der Waals surface area (Å²) in [6.07, 6.45) is -3.09. The van der Waals surface area contributed by atoms with Gasteiger partial charge in [-0.25, -0.2) is 12.8 Å². The molecule has 1 atom stereocenters. The van der Waals surface area contributed by atoms with Crippen LogP contribution in [0.4, 0.5) is 17.6 Å². The van der Waals surface area contributed by atoms with Crippen LogP contribution < -0.4 is 5.32 Å². The molecule has 2 N–H and O–H groups in total. The minimum Gasteiger partial charge on any atom is -0.394 e. The summed E-state index contributed by atoms with van der Waals surface area (Å²) < 4.78 is 82.6. The van der Waals surface area contributed by atoms with Crippen molar-refractivity contribution in [2.75, 3.05) is 12.4 Å². The first-order chi connectivity index (χ1) is 19.8. The normalized spacial score (nSPS) is 14.7. The number of rotatable bonds is 9. The number of nitrogens with zero attached hydrogens (tertiary/aromatic N) is 1. The van der Waals surface area contributed by atoms with E-state index in [0.29, 0.717) is 22.2 Å². The van der Waals surface area contributed by atoms with E-state index in [1.165, 1.54) is 55.5 Å². The molecule has 1 aliphatic rings. The third-order valence-corrected chi connectivity index (χ3v) is 9.41. The summed E-state index contributed by atoms with van der Waals surface area (Å²) in [4.78, 5) is 13.2. The number of halogens is 5. The first-order valence-corrected chi connectivity index (χ1v) is 15.3. The average molecular weight is 623 g/mol. The Labute approximate surface area is 244 Å². The minimum atomic E-state index is -4.61. The van der Waals surface area contributed by atoms with Crippen LogP contribution >= 0.6 is 11.6 Å². The van der Waals surface area contributed by atoms with Crippen LogP contribution in [0.5, 0.6) is 0 Å². The molecular weight excluding hydrogens is 596 g/mol. The van der Waals surface area contributed by atoms with Crippen LogP contribution in [0.25, 0.3) is 10.9 Å². The van der Waals surface area contributed by atoms with Gasteiger partial charge in [-0.2, -0.15) is 13.2 Å². The van der Waals surface area contributed by atoms with E-state index in [1.54, 1.807) is 6.07 Å². The molecule has 1 heterocycles. The molecule has 5 rings (SSSR count). The Morgan fingerprint density at radius 2 is 1.79 bits per heavy atom. The molecule has 0 aliphatic heterocycles. The highest BCUT2D eigenvalue weighted by atomic mass is 35.5. The zero-order valence-corrected chi connectivity index (χ0v) is 24.0. The van der Waals surface area contributed by atoms with Gasteiger partial charge in [0, 0.05) is 28.6 Å². The summed E-state index contributed by atoms with van der Waals surface area (Å²) in [6.45, 7) is 0.991. The van der Waals surface area contributed by atoms with E-state index in [1.807, 2.05) is 4.57 Å². The van der Waals surface area contributed by atoms with Crippen molar-refractivity contribution < 1.29 is 35.9 Å². The van der Waals surface area contributed by atoms with Crippen molar-refractivity contribution in [1.82, 2.24) is 9.88 Å². The number of alkyl halides is 3. The van der Waals surface area contributed by atoms with Crippen LogP contribution in [0.1, 0.15) is 64.6 Å². The Hall–Kier alpha value is -3.41. The fraction of sp³-hybridized carbons (Fsp3) is 0.300. The van der Waals surface area contributed by atoms with Crippen molar-refractivity contribution in [3.63, 3.8) is 0 Å². The van der Waals surface area contributed by atoms with Gasteiger partial charge in [0.2, 0.25) is 0 Å². The monoisotopic (exact) mass is 622 g/mol. The van der Waals surface area contributed by atoms with Crippen molar-refractivity contribution in [2.45, 2.75) is 49.3 Å². The van der Waals surface area contributed by atoms with Crippen molar-refractivity contribution in [3.05, 3.63) is 99.5 Å². The van der Waals surface area contributed by atoms with Crippen LogP contribution in [0, 0.1) is 5.82 Å². The maximum Gasteiger partial charge on any atom is 0.416 e. The number of fused-ring (bicyclic) bond motifs is 1. The van der Waals surface area contributed by atoms with E-state index < -0.39 is 46.0 Å². The zero-order chi connectivity index (χ0) is 30.4. The van der Waals surface area contributed by atoms with Gasteiger partial charge in [-0.05, 0) is 66.4 Å². The van der Waals surface area contributed by atoms with E-state index in [2.05, 4.69) is 5.32 Å². The number of amides is 1. The molecule has 12 heteroatoms. The van der Waals surface area contributed by atoms with Crippen molar-refractivity contribution in [1.29, 1.82) is 0 Å². The number of carbonyl (C=O) groups is 1. The predicted octanol–water partition coefficient (Wildman–Crippen LogP) is 6.64. The third kappa shape index (κ3) is 6.04. The largest absolute Gasteiger partial charge is 0.416 e. The van der Waals surface area contributed by atoms with E-state index >= 15 is 4.39 Å². The Kier molecular flexibility index (Phi) is 8.12. The second-order valence-electron chi connectivity index (χ2n) is 10.3. The highest BCUT2D eigenvalue weighted by molar-refractivity contribution is 7.91. The van der Waals surface area contributed by atoms with Crippen LogP contribution in [0.3, 0.4) is 0 Å². The molecule has 1 saturated carbocycles. The van der Waals surface area contributed by atoms with Crippen LogP contribution in [-0.2, 0) is 22.4 Å². The number of aliphatic hydroxyl groups excluding tert-OH is 1. The lowest BCUT2D eigenvalue weighted by Crippen LogP contribution is -2.31. The Balaban J connectivity index is 1.46. The average Bonchev–Trinajstić information content (AvgIpc) is 3.72. The number of nitrogens with one attached hydrogen (secondary N) is 1. The molecule has 0 radical (unpaired) electrons. The number of carbonyl (C=O) groups excluding carboxylic acids is 1. The van der Waals surface area contributed by atoms with Crippen LogP contribution in [0.2, 0.25) is 5.02 Å². The van der Waals surface area contributed by atoms with Gasteiger partial charge >= 0.3 is 6.18 Å². The van der Waals surface area contributed by atoms with Crippen LogP contribution in [0.15, 0.2) is 65.6 Å². The number of benzene rings is 3. The van der Waals surface area contributed by atoms with Gasteiger partial charge < -0.3 is 15.0 Å². The van der Waals surface area contributed by atoms with Gasteiger partial charge in [-0.1, -0.05) is 36.7 Å². The highest BCUT2D eigenvalue weighted by Gasteiger charge is 2.35. The summed E-state index contributed by atoms with van der Waals surface area (Å²) in [5.41, 5.74) is 0.326. The fourth-order valence-corrected chi connectivity index (χ4v) is 6.14. The lowest BCUT2D eigenvalue weighted by Gasteiger charge is -2.18. The van der Waals surface area contributed by atoms with Gasteiger partial charge in [-0.15, -0.1) is 0 Å². The molecule has 42 heavy (non-hydrogen) atoms. The molecule has 4 aromatic rings. The van der Waals surface area contributed by atoms with Gasteiger partial charge in [0.05, 0.1) is 39.9 Å².